The van der Waals surface area contributed by atoms with Gasteiger partial charge in [-0.05, 0) is 35.4 Å². The number of allylic oxidation sites excluding steroid dienone is 2. The Labute approximate surface area is 194 Å². The Morgan fingerprint density at radius 2 is 1.09 bits per heavy atom. The summed E-state index contributed by atoms with van der Waals surface area (Å²) in [6.45, 7) is 7.36. The Kier molecular flexibility index (Phi) is 6.82. The summed E-state index contributed by atoms with van der Waals surface area (Å²) in [6.07, 6.45) is -9.32. The minimum absolute atomic E-state index is 0.0386. The Morgan fingerprint density at radius 3 is 1.46 bits per heavy atom. The van der Waals surface area contributed by atoms with Crippen LogP contribution in [0.25, 0.3) is 11.4 Å². The van der Waals surface area contributed by atoms with Crippen LogP contribution in [-0.4, -0.2) is 14.2 Å². The predicted octanol–water partition coefficient (Wildman–Crippen LogP) is 5.18. The van der Waals surface area contributed by atoms with Crippen molar-refractivity contribution in [3.63, 3.8) is 0 Å². The van der Waals surface area contributed by atoms with Gasteiger partial charge >= 0.3 is 18.0 Å². The molecule has 0 fully saturated rings. The van der Waals surface area contributed by atoms with Crippen molar-refractivity contribution >= 4 is 11.4 Å². The van der Waals surface area contributed by atoms with Crippen LogP contribution < -0.4 is 11.2 Å². The molecule has 0 saturated carbocycles. The van der Waals surface area contributed by atoms with Crippen LogP contribution in [0.1, 0.15) is 22.3 Å². The molecule has 0 bridgehead atoms. The second kappa shape index (κ2) is 9.32. The Hall–Kier alpha value is -4.02. The first-order valence-corrected chi connectivity index (χ1v) is 9.95. The van der Waals surface area contributed by atoms with E-state index in [1.807, 2.05) is 0 Å². The predicted molar refractivity (Wildman–Crippen MR) is 118 cm³/mol. The van der Waals surface area contributed by atoms with E-state index in [1.54, 1.807) is 0 Å². The highest BCUT2D eigenvalue weighted by atomic mass is 19.4. The van der Waals surface area contributed by atoms with E-state index in [4.69, 9.17) is 0 Å². The average molecular weight is 496 g/mol. The fourth-order valence-corrected chi connectivity index (χ4v) is 3.37. The molecule has 0 unspecified atom stereocenters. The van der Waals surface area contributed by atoms with Crippen molar-refractivity contribution in [2.45, 2.75) is 25.2 Å². The van der Waals surface area contributed by atoms with Gasteiger partial charge in [0, 0.05) is 24.2 Å². The van der Waals surface area contributed by atoms with Gasteiger partial charge in [-0.2, -0.15) is 26.3 Å². The van der Waals surface area contributed by atoms with Gasteiger partial charge in [-0.1, -0.05) is 37.4 Å². The molecule has 35 heavy (non-hydrogen) atoms. The van der Waals surface area contributed by atoms with Crippen molar-refractivity contribution in [3.8, 4) is 5.88 Å². The largest absolute Gasteiger partial charge is 0.494 e. The highest BCUT2D eigenvalue weighted by Crippen LogP contribution is 2.30. The summed E-state index contributed by atoms with van der Waals surface area (Å²) in [5, 5.41) is 10.2. The zero-order valence-corrected chi connectivity index (χ0v) is 18.0. The van der Waals surface area contributed by atoms with Gasteiger partial charge in [-0.25, -0.2) is 13.9 Å². The number of rotatable bonds is 6. The SMILES string of the molecule is C=C(Cc1ccc(C(F)(F)F)cc1)n1c(O)cc(=O)n(C(=C)Cc2ccc(C(F)(F)F)cc2)c1=O. The molecule has 11 heteroatoms. The molecule has 5 nitrogen and oxygen atoms in total. The van der Waals surface area contributed by atoms with Gasteiger partial charge in [0.05, 0.1) is 17.2 Å². The monoisotopic (exact) mass is 496 g/mol. The zero-order chi connectivity index (χ0) is 26.1. The van der Waals surface area contributed by atoms with E-state index >= 15 is 0 Å². The van der Waals surface area contributed by atoms with E-state index in [0.717, 1.165) is 30.3 Å². The second-order valence-electron chi connectivity index (χ2n) is 7.67. The van der Waals surface area contributed by atoms with Gasteiger partial charge < -0.3 is 5.11 Å². The van der Waals surface area contributed by atoms with E-state index in [0.29, 0.717) is 20.3 Å². The molecule has 0 spiro atoms. The third-order valence-electron chi connectivity index (χ3n) is 5.10. The van der Waals surface area contributed by atoms with Crippen LogP contribution in [0.3, 0.4) is 0 Å². The molecule has 184 valence electrons. The number of benzene rings is 2. The Balaban J connectivity index is 1.88. The van der Waals surface area contributed by atoms with Gasteiger partial charge in [-0.3, -0.25) is 4.79 Å². The molecule has 0 aliphatic rings. The highest BCUT2D eigenvalue weighted by molar-refractivity contribution is 5.52. The molecule has 2 aromatic carbocycles. The van der Waals surface area contributed by atoms with Crippen molar-refractivity contribution < 1.29 is 31.4 Å². The highest BCUT2D eigenvalue weighted by Gasteiger charge is 2.30. The minimum Gasteiger partial charge on any atom is -0.494 e. The van der Waals surface area contributed by atoms with Crippen molar-refractivity contribution in [2.75, 3.05) is 0 Å². The summed E-state index contributed by atoms with van der Waals surface area (Å²) < 4.78 is 77.8. The Morgan fingerprint density at radius 1 is 0.714 bits per heavy atom. The molecule has 1 N–H and O–H groups in total. The average Bonchev–Trinajstić information content (AvgIpc) is 2.72. The first-order valence-electron chi connectivity index (χ1n) is 9.95. The molecular formula is C24H18F6N2O3. The lowest BCUT2D eigenvalue weighted by Gasteiger charge is -2.16. The van der Waals surface area contributed by atoms with Crippen molar-refractivity contribution in [3.05, 3.63) is 111 Å². The maximum atomic E-state index is 13.0. The van der Waals surface area contributed by atoms with E-state index in [2.05, 4.69) is 13.2 Å². The van der Waals surface area contributed by atoms with Crippen LogP contribution >= 0.6 is 0 Å². The van der Waals surface area contributed by atoms with Gasteiger partial charge in [0.2, 0.25) is 5.88 Å². The molecule has 0 aliphatic heterocycles. The van der Waals surface area contributed by atoms with Crippen LogP contribution in [0.2, 0.25) is 0 Å². The lowest BCUT2D eigenvalue weighted by atomic mass is 10.1. The van der Waals surface area contributed by atoms with Crippen molar-refractivity contribution in [1.29, 1.82) is 0 Å². The number of hydrogen-bond acceptors (Lipinski definition) is 3. The first-order chi connectivity index (χ1) is 16.2. The molecule has 0 saturated heterocycles. The Bertz CT molecular complexity index is 1380. The van der Waals surface area contributed by atoms with Gasteiger partial charge in [0.25, 0.3) is 5.56 Å². The van der Waals surface area contributed by atoms with Crippen LogP contribution in [0, 0.1) is 0 Å². The molecule has 0 radical (unpaired) electrons. The molecule has 0 atom stereocenters. The summed E-state index contributed by atoms with van der Waals surface area (Å²) in [5.41, 5.74) is -3.10. The lowest BCUT2D eigenvalue weighted by molar-refractivity contribution is -0.138. The van der Waals surface area contributed by atoms with Gasteiger partial charge in [0.1, 0.15) is 0 Å². The summed E-state index contributed by atoms with van der Waals surface area (Å²) in [4.78, 5) is 25.4. The van der Waals surface area contributed by atoms with Gasteiger partial charge in [0.15, 0.2) is 0 Å². The molecule has 0 amide bonds. The normalized spacial score (nSPS) is 11.9. The van der Waals surface area contributed by atoms with Crippen LogP contribution in [0.15, 0.2) is 77.3 Å². The molecule has 1 aromatic heterocycles. The maximum absolute atomic E-state index is 13.0. The number of alkyl halides is 6. The first kappa shape index (κ1) is 25.6. The molecular weight excluding hydrogens is 478 g/mol. The van der Waals surface area contributed by atoms with E-state index in [1.165, 1.54) is 24.3 Å². The molecule has 3 aromatic rings. The molecule has 3 rings (SSSR count). The number of nitrogens with zero attached hydrogens (tertiary/aromatic N) is 2. The molecule has 1 heterocycles. The maximum Gasteiger partial charge on any atom is 0.416 e. The lowest BCUT2D eigenvalue weighted by Crippen LogP contribution is -2.38. The van der Waals surface area contributed by atoms with Crippen molar-refractivity contribution in [2.24, 2.45) is 0 Å². The van der Waals surface area contributed by atoms with Crippen LogP contribution in [0.4, 0.5) is 26.3 Å². The third-order valence-corrected chi connectivity index (χ3v) is 5.10. The number of hydrogen-bond donors (Lipinski definition) is 1. The minimum atomic E-state index is -4.52. The summed E-state index contributed by atoms with van der Waals surface area (Å²) >= 11 is 0. The van der Waals surface area contributed by atoms with Crippen LogP contribution in [-0.2, 0) is 25.2 Å². The number of aromatic nitrogens is 2. The van der Waals surface area contributed by atoms with E-state index in [9.17, 15) is 41.0 Å². The fourth-order valence-electron chi connectivity index (χ4n) is 3.37. The van der Waals surface area contributed by atoms with E-state index < -0.39 is 40.6 Å². The van der Waals surface area contributed by atoms with Crippen molar-refractivity contribution in [1.82, 2.24) is 9.13 Å². The fraction of sp³-hybridized carbons (Fsp3) is 0.167. The van der Waals surface area contributed by atoms with Crippen LogP contribution in [0.5, 0.6) is 5.88 Å². The topological polar surface area (TPSA) is 64.2 Å². The summed E-state index contributed by atoms with van der Waals surface area (Å²) in [7, 11) is 0. The number of halogens is 6. The zero-order valence-electron chi connectivity index (χ0n) is 18.0. The number of aromatic hydroxyl groups is 1. The third kappa shape index (κ3) is 5.73. The second-order valence-corrected chi connectivity index (χ2v) is 7.67. The summed E-state index contributed by atoms with van der Waals surface area (Å²) in [6, 6.07) is 8.90. The standard InChI is InChI=1S/C24H18F6N2O3/c1-14(11-16-3-7-18(8-4-16)23(25,26)27)31-20(33)13-21(34)32(22(31)35)15(2)12-17-5-9-19(10-6-17)24(28,29)30/h3-10,13,33H,1-2,11-12H2. The summed E-state index contributed by atoms with van der Waals surface area (Å²) in [5.74, 6) is -0.740. The van der Waals surface area contributed by atoms with Gasteiger partial charge in [-0.15, -0.1) is 0 Å². The molecule has 0 aliphatic carbocycles. The smallest absolute Gasteiger partial charge is 0.416 e. The quantitative estimate of drug-likeness (QED) is 0.479. The van der Waals surface area contributed by atoms with E-state index in [-0.39, 0.29) is 24.2 Å².